The van der Waals surface area contributed by atoms with E-state index in [9.17, 15) is 0 Å². The SMILES string of the molecule is COC(C)(OC)N(C(C)C)C(C)C. The molecule has 80 valence electrons. The number of hydrogen-bond acceptors (Lipinski definition) is 3. The van der Waals surface area contributed by atoms with E-state index in [4.69, 9.17) is 9.47 Å². The molecule has 0 bridgehead atoms. The number of rotatable bonds is 5. The van der Waals surface area contributed by atoms with E-state index in [2.05, 4.69) is 32.6 Å². The first kappa shape index (κ1) is 12.9. The first-order chi connectivity index (χ1) is 5.89. The van der Waals surface area contributed by atoms with Crippen LogP contribution in [0.4, 0.5) is 0 Å². The van der Waals surface area contributed by atoms with Gasteiger partial charge in [-0.05, 0) is 27.7 Å². The third-order valence-corrected chi connectivity index (χ3v) is 2.34. The van der Waals surface area contributed by atoms with Crippen LogP contribution in [-0.2, 0) is 9.47 Å². The van der Waals surface area contributed by atoms with Gasteiger partial charge in [-0.3, -0.25) is 0 Å². The Morgan fingerprint density at radius 1 is 0.923 bits per heavy atom. The van der Waals surface area contributed by atoms with Crippen molar-refractivity contribution in [2.24, 2.45) is 0 Å². The summed E-state index contributed by atoms with van der Waals surface area (Å²) in [5.74, 6) is -0.623. The molecule has 0 saturated heterocycles. The van der Waals surface area contributed by atoms with Crippen molar-refractivity contribution < 1.29 is 9.47 Å². The number of ether oxygens (including phenoxy) is 2. The lowest BCUT2D eigenvalue weighted by atomic mass is 10.2. The smallest absolute Gasteiger partial charge is 0.226 e. The van der Waals surface area contributed by atoms with Gasteiger partial charge in [-0.15, -0.1) is 0 Å². The van der Waals surface area contributed by atoms with Crippen molar-refractivity contribution in [2.75, 3.05) is 14.2 Å². The van der Waals surface area contributed by atoms with Crippen LogP contribution in [0.25, 0.3) is 0 Å². The summed E-state index contributed by atoms with van der Waals surface area (Å²) < 4.78 is 10.8. The van der Waals surface area contributed by atoms with Crippen LogP contribution in [0.15, 0.2) is 0 Å². The van der Waals surface area contributed by atoms with Crippen molar-refractivity contribution in [1.29, 1.82) is 0 Å². The molecule has 0 aromatic rings. The van der Waals surface area contributed by atoms with Crippen LogP contribution in [0, 0.1) is 0 Å². The van der Waals surface area contributed by atoms with E-state index in [1.54, 1.807) is 14.2 Å². The Morgan fingerprint density at radius 2 is 1.23 bits per heavy atom. The molecular formula is C10H23NO2. The molecule has 3 heteroatoms. The lowest BCUT2D eigenvalue weighted by Gasteiger charge is -2.43. The molecule has 0 amide bonds. The molecule has 0 radical (unpaired) electrons. The Morgan fingerprint density at radius 3 is 1.31 bits per heavy atom. The van der Waals surface area contributed by atoms with Crippen LogP contribution in [0.5, 0.6) is 0 Å². The molecule has 0 aromatic heterocycles. The second kappa shape index (κ2) is 4.94. The quantitative estimate of drug-likeness (QED) is 0.618. The molecule has 0 atom stereocenters. The Labute approximate surface area is 82.0 Å². The van der Waals surface area contributed by atoms with E-state index in [0.29, 0.717) is 12.1 Å². The van der Waals surface area contributed by atoms with Crippen LogP contribution < -0.4 is 0 Å². The van der Waals surface area contributed by atoms with Gasteiger partial charge in [0, 0.05) is 33.2 Å². The standard InChI is InChI=1S/C10H23NO2/c1-8(2)11(9(3)4)10(5,12-6)13-7/h8-9H,1-7H3. The second-order valence-electron chi connectivity index (χ2n) is 3.90. The van der Waals surface area contributed by atoms with Crippen molar-refractivity contribution in [1.82, 2.24) is 4.90 Å². The van der Waals surface area contributed by atoms with E-state index in [0.717, 1.165) is 0 Å². The minimum Gasteiger partial charge on any atom is -0.341 e. The van der Waals surface area contributed by atoms with Crippen LogP contribution in [0.3, 0.4) is 0 Å². The first-order valence-corrected chi connectivity index (χ1v) is 4.77. The monoisotopic (exact) mass is 189 g/mol. The summed E-state index contributed by atoms with van der Waals surface area (Å²) in [6.07, 6.45) is 0. The summed E-state index contributed by atoms with van der Waals surface area (Å²) in [6, 6.07) is 0.787. The van der Waals surface area contributed by atoms with Gasteiger partial charge in [-0.1, -0.05) is 0 Å². The highest BCUT2D eigenvalue weighted by Crippen LogP contribution is 2.22. The van der Waals surface area contributed by atoms with E-state index in [1.165, 1.54) is 0 Å². The van der Waals surface area contributed by atoms with E-state index in [-0.39, 0.29) is 0 Å². The van der Waals surface area contributed by atoms with Gasteiger partial charge >= 0.3 is 0 Å². The van der Waals surface area contributed by atoms with Crippen molar-refractivity contribution in [2.45, 2.75) is 52.6 Å². The molecule has 0 N–H and O–H groups in total. The summed E-state index contributed by atoms with van der Waals surface area (Å²) in [5, 5.41) is 0. The fourth-order valence-corrected chi connectivity index (χ4v) is 1.83. The molecule has 3 nitrogen and oxygen atoms in total. The van der Waals surface area contributed by atoms with Crippen molar-refractivity contribution in [3.8, 4) is 0 Å². The summed E-state index contributed by atoms with van der Waals surface area (Å²) in [7, 11) is 3.34. The molecule has 0 saturated carbocycles. The van der Waals surface area contributed by atoms with Crippen LogP contribution in [0.2, 0.25) is 0 Å². The summed E-state index contributed by atoms with van der Waals surface area (Å²) >= 11 is 0. The maximum absolute atomic E-state index is 5.38. The molecular weight excluding hydrogens is 166 g/mol. The van der Waals surface area contributed by atoms with Crippen LogP contribution in [0.1, 0.15) is 34.6 Å². The van der Waals surface area contributed by atoms with Crippen LogP contribution >= 0.6 is 0 Å². The van der Waals surface area contributed by atoms with E-state index >= 15 is 0 Å². The van der Waals surface area contributed by atoms with Gasteiger partial charge < -0.3 is 9.47 Å². The zero-order chi connectivity index (χ0) is 10.6. The van der Waals surface area contributed by atoms with Gasteiger partial charge in [0.2, 0.25) is 5.91 Å². The molecule has 0 aliphatic carbocycles. The van der Waals surface area contributed by atoms with Gasteiger partial charge in [0.05, 0.1) is 0 Å². The summed E-state index contributed by atoms with van der Waals surface area (Å²) in [5.41, 5.74) is 0. The van der Waals surface area contributed by atoms with Gasteiger partial charge in [0.1, 0.15) is 0 Å². The maximum Gasteiger partial charge on any atom is 0.226 e. The fourth-order valence-electron chi connectivity index (χ4n) is 1.83. The summed E-state index contributed by atoms with van der Waals surface area (Å²) in [4.78, 5) is 2.19. The van der Waals surface area contributed by atoms with Crippen molar-refractivity contribution in [3.05, 3.63) is 0 Å². The molecule has 0 fully saturated rings. The molecule has 0 aromatic carbocycles. The molecule has 13 heavy (non-hydrogen) atoms. The van der Waals surface area contributed by atoms with Gasteiger partial charge in [0.15, 0.2) is 0 Å². The summed E-state index contributed by atoms with van der Waals surface area (Å²) in [6.45, 7) is 10.5. The normalized spacial score (nSPS) is 13.4. The predicted octanol–water partition coefficient (Wildman–Crippen LogP) is 2.07. The topological polar surface area (TPSA) is 21.7 Å². The maximum atomic E-state index is 5.38. The van der Waals surface area contributed by atoms with Gasteiger partial charge in [-0.25, -0.2) is 4.90 Å². The van der Waals surface area contributed by atoms with Crippen LogP contribution in [-0.4, -0.2) is 37.1 Å². The largest absolute Gasteiger partial charge is 0.341 e. The third kappa shape index (κ3) is 2.93. The third-order valence-electron chi connectivity index (χ3n) is 2.34. The zero-order valence-corrected chi connectivity index (χ0v) is 9.92. The number of hydrogen-bond donors (Lipinski definition) is 0. The molecule has 0 rings (SSSR count). The minimum absolute atomic E-state index is 0.393. The molecule has 0 aliphatic rings. The fraction of sp³-hybridized carbons (Fsp3) is 1.00. The van der Waals surface area contributed by atoms with Gasteiger partial charge in [0.25, 0.3) is 0 Å². The highest BCUT2D eigenvalue weighted by atomic mass is 16.7. The lowest BCUT2D eigenvalue weighted by molar-refractivity contribution is -0.299. The van der Waals surface area contributed by atoms with Gasteiger partial charge in [-0.2, -0.15) is 0 Å². The van der Waals surface area contributed by atoms with Crippen molar-refractivity contribution in [3.63, 3.8) is 0 Å². The van der Waals surface area contributed by atoms with E-state index in [1.807, 2.05) is 6.92 Å². The average Bonchev–Trinajstić information content (AvgIpc) is 2.02. The average molecular weight is 189 g/mol. The minimum atomic E-state index is -0.623. The second-order valence-corrected chi connectivity index (χ2v) is 3.90. The van der Waals surface area contributed by atoms with Crippen molar-refractivity contribution >= 4 is 0 Å². The zero-order valence-electron chi connectivity index (χ0n) is 9.92. The highest BCUT2D eigenvalue weighted by molar-refractivity contribution is 4.74. The lowest BCUT2D eigenvalue weighted by Crippen LogP contribution is -2.55. The number of nitrogens with zero attached hydrogens (tertiary/aromatic N) is 1. The Hall–Kier alpha value is -0.120. The first-order valence-electron chi connectivity index (χ1n) is 4.77. The molecule has 0 unspecified atom stereocenters. The Kier molecular flexibility index (Phi) is 4.89. The number of methoxy groups -OCH3 is 2. The highest BCUT2D eigenvalue weighted by Gasteiger charge is 2.35. The predicted molar refractivity (Wildman–Crippen MR) is 54.5 cm³/mol. The molecule has 0 aliphatic heterocycles. The Balaban J connectivity index is 4.69. The molecule has 0 heterocycles. The van der Waals surface area contributed by atoms with E-state index < -0.39 is 5.91 Å². The Bertz CT molecular complexity index is 134. The molecule has 0 spiro atoms.